The Hall–Kier alpha value is -1.29. The molecule has 1 fully saturated rings. The van der Waals surface area contributed by atoms with E-state index in [1.807, 2.05) is 12.3 Å². The first-order valence-corrected chi connectivity index (χ1v) is 5.72. The molecule has 1 aliphatic rings. The Morgan fingerprint density at radius 2 is 2.31 bits per heavy atom. The van der Waals surface area contributed by atoms with Crippen molar-refractivity contribution >= 4 is 5.69 Å². The van der Waals surface area contributed by atoms with Crippen molar-refractivity contribution in [2.45, 2.75) is 37.8 Å². The predicted molar refractivity (Wildman–Crippen MR) is 63.4 cm³/mol. The Kier molecular flexibility index (Phi) is 3.29. The SMILES string of the molecule is COC1CCCC(n2cccc(N)c2=O)C1. The first-order chi connectivity index (χ1) is 7.72. The molecule has 0 bridgehead atoms. The number of nitrogens with zero attached hydrogens (tertiary/aromatic N) is 1. The van der Waals surface area contributed by atoms with Gasteiger partial charge in [0.15, 0.2) is 0 Å². The van der Waals surface area contributed by atoms with Crippen LogP contribution >= 0.6 is 0 Å². The molecule has 4 heteroatoms. The number of anilines is 1. The maximum atomic E-state index is 11.9. The number of nitrogens with two attached hydrogens (primary N) is 1. The zero-order chi connectivity index (χ0) is 11.5. The highest BCUT2D eigenvalue weighted by Crippen LogP contribution is 2.28. The van der Waals surface area contributed by atoms with Crippen molar-refractivity contribution in [1.29, 1.82) is 0 Å². The van der Waals surface area contributed by atoms with Crippen LogP contribution in [0.4, 0.5) is 5.69 Å². The van der Waals surface area contributed by atoms with Gasteiger partial charge in [-0.15, -0.1) is 0 Å². The van der Waals surface area contributed by atoms with E-state index < -0.39 is 0 Å². The molecule has 2 N–H and O–H groups in total. The summed E-state index contributed by atoms with van der Waals surface area (Å²) in [6.07, 6.45) is 6.21. The maximum absolute atomic E-state index is 11.9. The molecule has 2 unspecified atom stereocenters. The number of methoxy groups -OCH3 is 1. The Morgan fingerprint density at radius 3 is 3.06 bits per heavy atom. The minimum Gasteiger partial charge on any atom is -0.394 e. The molecule has 0 radical (unpaired) electrons. The molecule has 2 atom stereocenters. The van der Waals surface area contributed by atoms with E-state index in [2.05, 4.69) is 0 Å². The second kappa shape index (κ2) is 4.70. The van der Waals surface area contributed by atoms with E-state index >= 15 is 0 Å². The molecule has 1 aromatic heterocycles. The number of pyridine rings is 1. The molecule has 0 saturated heterocycles. The van der Waals surface area contributed by atoms with Crippen LogP contribution in [0.3, 0.4) is 0 Å². The standard InChI is InChI=1S/C12H18N2O2/c1-16-10-5-2-4-9(8-10)14-7-3-6-11(13)12(14)15/h3,6-7,9-10H,2,4-5,8,13H2,1H3. The van der Waals surface area contributed by atoms with Crippen LogP contribution in [0.1, 0.15) is 31.7 Å². The summed E-state index contributed by atoms with van der Waals surface area (Å²) in [6, 6.07) is 3.71. The lowest BCUT2D eigenvalue weighted by Crippen LogP contribution is -2.31. The average molecular weight is 222 g/mol. The number of hydrogen-bond acceptors (Lipinski definition) is 3. The molecule has 4 nitrogen and oxygen atoms in total. The molecular weight excluding hydrogens is 204 g/mol. The number of hydrogen-bond donors (Lipinski definition) is 1. The second-order valence-corrected chi connectivity index (χ2v) is 4.35. The van der Waals surface area contributed by atoms with Crippen molar-refractivity contribution in [3.63, 3.8) is 0 Å². The lowest BCUT2D eigenvalue weighted by atomic mass is 9.92. The lowest BCUT2D eigenvalue weighted by molar-refractivity contribution is 0.0525. The van der Waals surface area contributed by atoms with E-state index in [0.717, 1.165) is 25.7 Å². The van der Waals surface area contributed by atoms with E-state index in [9.17, 15) is 4.79 Å². The lowest BCUT2D eigenvalue weighted by Gasteiger charge is -2.29. The van der Waals surface area contributed by atoms with Crippen molar-refractivity contribution in [2.24, 2.45) is 0 Å². The third-order valence-electron chi connectivity index (χ3n) is 3.33. The predicted octanol–water partition coefficient (Wildman–Crippen LogP) is 1.56. The molecule has 1 saturated carbocycles. The van der Waals surface area contributed by atoms with Crippen LogP contribution in [-0.4, -0.2) is 17.8 Å². The fourth-order valence-electron chi connectivity index (χ4n) is 2.40. The minimum atomic E-state index is -0.0794. The third kappa shape index (κ3) is 2.11. The van der Waals surface area contributed by atoms with Gasteiger partial charge in [0.2, 0.25) is 0 Å². The van der Waals surface area contributed by atoms with Crippen molar-refractivity contribution in [1.82, 2.24) is 4.57 Å². The largest absolute Gasteiger partial charge is 0.394 e. The molecule has 0 aliphatic heterocycles. The van der Waals surface area contributed by atoms with Gasteiger partial charge in [0.05, 0.1) is 11.8 Å². The van der Waals surface area contributed by atoms with Gasteiger partial charge in [-0.25, -0.2) is 0 Å². The van der Waals surface area contributed by atoms with E-state index in [1.165, 1.54) is 0 Å². The number of aromatic nitrogens is 1. The second-order valence-electron chi connectivity index (χ2n) is 4.35. The molecule has 2 rings (SSSR count). The van der Waals surface area contributed by atoms with Gasteiger partial charge in [-0.2, -0.15) is 0 Å². The highest BCUT2D eigenvalue weighted by molar-refractivity contribution is 5.33. The van der Waals surface area contributed by atoms with Crippen LogP contribution in [0.15, 0.2) is 23.1 Å². The zero-order valence-corrected chi connectivity index (χ0v) is 9.56. The molecule has 0 amide bonds. The Morgan fingerprint density at radius 1 is 1.50 bits per heavy atom. The van der Waals surface area contributed by atoms with Gasteiger partial charge >= 0.3 is 0 Å². The molecule has 88 valence electrons. The van der Waals surface area contributed by atoms with Gasteiger partial charge in [-0.05, 0) is 37.8 Å². The van der Waals surface area contributed by atoms with Crippen molar-refractivity contribution in [2.75, 3.05) is 12.8 Å². The minimum absolute atomic E-state index is 0.0794. The van der Waals surface area contributed by atoms with Gasteiger partial charge in [0, 0.05) is 19.3 Å². The summed E-state index contributed by atoms with van der Waals surface area (Å²) in [7, 11) is 1.73. The highest BCUT2D eigenvalue weighted by Gasteiger charge is 2.23. The molecule has 1 aliphatic carbocycles. The molecule has 1 aromatic rings. The maximum Gasteiger partial charge on any atom is 0.273 e. The highest BCUT2D eigenvalue weighted by atomic mass is 16.5. The van der Waals surface area contributed by atoms with Crippen LogP contribution < -0.4 is 11.3 Å². The summed E-state index contributed by atoms with van der Waals surface area (Å²) in [4.78, 5) is 11.9. The Balaban J connectivity index is 2.23. The van der Waals surface area contributed by atoms with E-state index in [0.29, 0.717) is 5.69 Å². The monoisotopic (exact) mass is 222 g/mol. The van der Waals surface area contributed by atoms with Crippen LogP contribution in [0.25, 0.3) is 0 Å². The number of rotatable bonds is 2. The van der Waals surface area contributed by atoms with Gasteiger partial charge in [0.1, 0.15) is 0 Å². The van der Waals surface area contributed by atoms with Crippen LogP contribution in [-0.2, 0) is 4.74 Å². The molecule has 1 heterocycles. The van der Waals surface area contributed by atoms with Crippen LogP contribution in [0.5, 0.6) is 0 Å². The third-order valence-corrected chi connectivity index (χ3v) is 3.33. The summed E-state index contributed by atoms with van der Waals surface area (Å²) in [5.74, 6) is 0. The Bertz CT molecular complexity index is 414. The molecule has 16 heavy (non-hydrogen) atoms. The van der Waals surface area contributed by atoms with Gasteiger partial charge in [-0.3, -0.25) is 4.79 Å². The first-order valence-electron chi connectivity index (χ1n) is 5.72. The summed E-state index contributed by atoms with van der Waals surface area (Å²) in [6.45, 7) is 0. The summed E-state index contributed by atoms with van der Waals surface area (Å²) >= 11 is 0. The quantitative estimate of drug-likeness (QED) is 0.826. The fraction of sp³-hybridized carbons (Fsp3) is 0.583. The topological polar surface area (TPSA) is 57.2 Å². The normalized spacial score (nSPS) is 25.6. The van der Waals surface area contributed by atoms with E-state index in [4.69, 9.17) is 10.5 Å². The molecule has 0 spiro atoms. The van der Waals surface area contributed by atoms with Crippen LogP contribution in [0.2, 0.25) is 0 Å². The fourth-order valence-corrected chi connectivity index (χ4v) is 2.40. The van der Waals surface area contributed by atoms with Gasteiger partial charge < -0.3 is 15.0 Å². The summed E-state index contributed by atoms with van der Waals surface area (Å²) in [5.41, 5.74) is 5.87. The van der Waals surface area contributed by atoms with Crippen molar-refractivity contribution in [3.8, 4) is 0 Å². The number of nitrogen functional groups attached to an aromatic ring is 1. The van der Waals surface area contributed by atoms with Crippen molar-refractivity contribution < 1.29 is 4.74 Å². The first kappa shape index (κ1) is 11.2. The van der Waals surface area contributed by atoms with Gasteiger partial charge in [-0.1, -0.05) is 0 Å². The van der Waals surface area contributed by atoms with Crippen molar-refractivity contribution in [3.05, 3.63) is 28.7 Å². The van der Waals surface area contributed by atoms with E-state index in [-0.39, 0.29) is 17.7 Å². The average Bonchev–Trinajstić information content (AvgIpc) is 2.33. The molecular formula is C12H18N2O2. The molecule has 0 aromatic carbocycles. The number of ether oxygens (including phenoxy) is 1. The summed E-state index contributed by atoms with van der Waals surface area (Å²) in [5, 5.41) is 0. The van der Waals surface area contributed by atoms with Crippen LogP contribution in [0, 0.1) is 0 Å². The van der Waals surface area contributed by atoms with Gasteiger partial charge in [0.25, 0.3) is 5.56 Å². The van der Waals surface area contributed by atoms with E-state index in [1.54, 1.807) is 17.7 Å². The Labute approximate surface area is 95.0 Å². The zero-order valence-electron chi connectivity index (χ0n) is 9.56. The smallest absolute Gasteiger partial charge is 0.273 e. The summed E-state index contributed by atoms with van der Waals surface area (Å²) < 4.78 is 7.12.